The lowest BCUT2D eigenvalue weighted by molar-refractivity contribution is 0.0697. The number of benzene rings is 2. The summed E-state index contributed by atoms with van der Waals surface area (Å²) in [5.41, 5.74) is 0.571. The van der Waals surface area contributed by atoms with E-state index < -0.39 is 22.6 Å². The molecule has 1 unspecified atom stereocenters. The molecule has 0 fully saturated rings. The summed E-state index contributed by atoms with van der Waals surface area (Å²) in [6.07, 6.45) is 0. The van der Waals surface area contributed by atoms with Gasteiger partial charge in [0.15, 0.2) is 0 Å². The van der Waals surface area contributed by atoms with Gasteiger partial charge in [-0.2, -0.15) is 0 Å². The number of aromatic carboxylic acids is 1. The summed E-state index contributed by atoms with van der Waals surface area (Å²) in [6, 6.07) is 9.60. The highest BCUT2D eigenvalue weighted by Gasteiger charge is 2.10. The van der Waals surface area contributed by atoms with Crippen molar-refractivity contribution in [2.75, 3.05) is 0 Å². The first-order valence-corrected chi connectivity index (χ1v) is 7.33. The van der Waals surface area contributed by atoms with Crippen LogP contribution in [0.1, 0.15) is 15.9 Å². The van der Waals surface area contributed by atoms with E-state index >= 15 is 0 Å². The topological polar surface area (TPSA) is 54.4 Å². The third kappa shape index (κ3) is 3.43. The maximum atomic E-state index is 13.1. The molecule has 0 aliphatic heterocycles. The van der Waals surface area contributed by atoms with Gasteiger partial charge >= 0.3 is 5.97 Å². The normalized spacial score (nSPS) is 12.1. The predicted octanol–water partition coefficient (Wildman–Crippen LogP) is 3.49. The van der Waals surface area contributed by atoms with Crippen molar-refractivity contribution in [2.45, 2.75) is 10.6 Å². The SMILES string of the molecule is O=C(O)c1ccc(S(=O)Cc2cc(F)ccc2Cl)cc1. The van der Waals surface area contributed by atoms with Gasteiger partial charge in [-0.05, 0) is 48.0 Å². The molecule has 1 atom stereocenters. The molecule has 2 aromatic carbocycles. The van der Waals surface area contributed by atoms with Crippen LogP contribution in [0.4, 0.5) is 4.39 Å². The summed E-state index contributed by atoms with van der Waals surface area (Å²) in [7, 11) is -1.42. The number of carboxylic acids is 1. The van der Waals surface area contributed by atoms with Crippen molar-refractivity contribution in [3.63, 3.8) is 0 Å². The van der Waals surface area contributed by atoms with Crippen LogP contribution in [0.3, 0.4) is 0 Å². The quantitative estimate of drug-likeness (QED) is 0.940. The van der Waals surface area contributed by atoms with Gasteiger partial charge in [-0.1, -0.05) is 11.6 Å². The molecule has 0 saturated carbocycles. The minimum absolute atomic E-state index is 0.0724. The molecule has 0 saturated heterocycles. The summed E-state index contributed by atoms with van der Waals surface area (Å²) in [5.74, 6) is -1.42. The van der Waals surface area contributed by atoms with E-state index in [-0.39, 0.29) is 11.3 Å². The summed E-state index contributed by atoms with van der Waals surface area (Å²) in [4.78, 5) is 11.2. The second kappa shape index (κ2) is 6.15. The molecule has 104 valence electrons. The van der Waals surface area contributed by atoms with E-state index in [4.69, 9.17) is 16.7 Å². The lowest BCUT2D eigenvalue weighted by Crippen LogP contribution is -2.00. The number of hydrogen-bond acceptors (Lipinski definition) is 2. The first-order chi connectivity index (χ1) is 9.47. The van der Waals surface area contributed by atoms with Gasteiger partial charge in [0.2, 0.25) is 0 Å². The number of halogens is 2. The average molecular weight is 313 g/mol. The Hall–Kier alpha value is -1.72. The summed E-state index contributed by atoms with van der Waals surface area (Å²) < 4.78 is 25.3. The molecule has 20 heavy (non-hydrogen) atoms. The van der Waals surface area contributed by atoms with Crippen molar-refractivity contribution < 1.29 is 18.5 Å². The Morgan fingerprint density at radius 2 is 1.85 bits per heavy atom. The van der Waals surface area contributed by atoms with Crippen molar-refractivity contribution in [1.82, 2.24) is 0 Å². The molecule has 0 amide bonds. The lowest BCUT2D eigenvalue weighted by Gasteiger charge is -2.05. The van der Waals surface area contributed by atoms with Gasteiger partial charge in [-0.3, -0.25) is 4.21 Å². The maximum Gasteiger partial charge on any atom is 0.335 e. The summed E-state index contributed by atoms with van der Waals surface area (Å²) in [6.45, 7) is 0. The van der Waals surface area contributed by atoms with Gasteiger partial charge in [0.1, 0.15) is 5.82 Å². The minimum atomic E-state index is -1.42. The zero-order chi connectivity index (χ0) is 14.7. The fraction of sp³-hybridized carbons (Fsp3) is 0.0714. The van der Waals surface area contributed by atoms with Crippen LogP contribution in [0.5, 0.6) is 0 Å². The van der Waals surface area contributed by atoms with Crippen LogP contribution in [0.25, 0.3) is 0 Å². The molecule has 1 N–H and O–H groups in total. The Kier molecular flexibility index (Phi) is 4.52. The Balaban J connectivity index is 2.19. The Labute approximate surface area is 122 Å². The lowest BCUT2D eigenvalue weighted by atomic mass is 10.2. The first kappa shape index (κ1) is 14.7. The van der Waals surface area contributed by atoms with Crippen molar-refractivity contribution in [2.24, 2.45) is 0 Å². The Morgan fingerprint density at radius 1 is 1.20 bits per heavy atom. The molecule has 0 radical (unpaired) electrons. The summed E-state index contributed by atoms with van der Waals surface area (Å²) >= 11 is 5.92. The van der Waals surface area contributed by atoms with E-state index in [9.17, 15) is 13.4 Å². The Morgan fingerprint density at radius 3 is 2.45 bits per heavy atom. The molecule has 3 nitrogen and oxygen atoms in total. The van der Waals surface area contributed by atoms with Crippen molar-refractivity contribution >= 4 is 28.4 Å². The van der Waals surface area contributed by atoms with E-state index in [1.807, 2.05) is 0 Å². The second-order valence-corrected chi connectivity index (χ2v) is 5.91. The summed E-state index contributed by atoms with van der Waals surface area (Å²) in [5, 5.41) is 9.13. The number of carboxylic acid groups (broad SMARTS) is 1. The van der Waals surface area contributed by atoms with Crippen molar-refractivity contribution in [3.8, 4) is 0 Å². The van der Waals surface area contributed by atoms with Gasteiger partial charge < -0.3 is 5.11 Å². The molecule has 2 aromatic rings. The van der Waals surface area contributed by atoms with Gasteiger partial charge in [-0.25, -0.2) is 9.18 Å². The fourth-order valence-electron chi connectivity index (χ4n) is 1.63. The molecular weight excluding hydrogens is 303 g/mol. The standard InChI is InChI=1S/C14H10ClFO3S/c15-13-6-3-11(16)7-10(13)8-20(19)12-4-1-9(2-5-12)14(17)18/h1-7H,8H2,(H,17,18). The van der Waals surface area contributed by atoms with E-state index in [0.717, 1.165) is 0 Å². The zero-order valence-electron chi connectivity index (χ0n) is 10.2. The van der Waals surface area contributed by atoms with Crippen LogP contribution in [0.15, 0.2) is 47.4 Å². The average Bonchev–Trinajstić information content (AvgIpc) is 2.43. The van der Waals surface area contributed by atoms with Gasteiger partial charge in [0, 0.05) is 9.92 Å². The van der Waals surface area contributed by atoms with E-state index in [2.05, 4.69) is 0 Å². The molecule has 0 heterocycles. The van der Waals surface area contributed by atoms with Gasteiger partial charge in [0.05, 0.1) is 22.1 Å². The third-order valence-corrected chi connectivity index (χ3v) is 4.40. The number of carbonyl (C=O) groups is 1. The molecule has 0 aliphatic carbocycles. The van der Waals surface area contributed by atoms with Crippen LogP contribution in [-0.4, -0.2) is 15.3 Å². The third-order valence-electron chi connectivity index (χ3n) is 2.66. The van der Waals surface area contributed by atoms with Crippen LogP contribution >= 0.6 is 11.6 Å². The highest BCUT2D eigenvalue weighted by atomic mass is 35.5. The van der Waals surface area contributed by atoms with Crippen LogP contribution in [0, 0.1) is 5.82 Å². The van der Waals surface area contributed by atoms with E-state index in [1.165, 1.54) is 42.5 Å². The van der Waals surface area contributed by atoms with Gasteiger partial charge in [0.25, 0.3) is 0 Å². The number of rotatable bonds is 4. The predicted molar refractivity (Wildman–Crippen MR) is 74.9 cm³/mol. The highest BCUT2D eigenvalue weighted by molar-refractivity contribution is 7.84. The molecule has 0 spiro atoms. The molecule has 0 bridgehead atoms. The molecule has 6 heteroatoms. The monoisotopic (exact) mass is 312 g/mol. The fourth-order valence-corrected chi connectivity index (χ4v) is 3.02. The molecular formula is C14H10ClFO3S. The maximum absolute atomic E-state index is 13.1. The zero-order valence-corrected chi connectivity index (χ0v) is 11.7. The molecule has 0 aliphatic rings. The number of hydrogen-bond donors (Lipinski definition) is 1. The van der Waals surface area contributed by atoms with Crippen LogP contribution in [0.2, 0.25) is 5.02 Å². The second-order valence-electron chi connectivity index (χ2n) is 4.06. The van der Waals surface area contributed by atoms with Crippen molar-refractivity contribution in [1.29, 1.82) is 0 Å². The minimum Gasteiger partial charge on any atom is -0.478 e. The van der Waals surface area contributed by atoms with E-state index in [0.29, 0.717) is 15.5 Å². The molecule has 0 aromatic heterocycles. The first-order valence-electron chi connectivity index (χ1n) is 5.63. The Bertz CT molecular complexity index is 671. The highest BCUT2D eigenvalue weighted by Crippen LogP contribution is 2.21. The van der Waals surface area contributed by atoms with Crippen LogP contribution < -0.4 is 0 Å². The largest absolute Gasteiger partial charge is 0.478 e. The smallest absolute Gasteiger partial charge is 0.335 e. The molecule has 2 rings (SSSR count). The van der Waals surface area contributed by atoms with Gasteiger partial charge in [-0.15, -0.1) is 0 Å². The van der Waals surface area contributed by atoms with Crippen molar-refractivity contribution in [3.05, 3.63) is 64.4 Å². The van der Waals surface area contributed by atoms with Crippen LogP contribution in [-0.2, 0) is 16.6 Å². The van der Waals surface area contributed by atoms with E-state index in [1.54, 1.807) is 0 Å².